The molecular formula is C24H33N7O3. The molecule has 3 aromatic heterocycles. The fourth-order valence-electron chi connectivity index (χ4n) is 2.93. The molecule has 0 spiro atoms. The van der Waals surface area contributed by atoms with E-state index in [1.807, 2.05) is 31.9 Å². The van der Waals surface area contributed by atoms with Crippen molar-refractivity contribution >= 4 is 18.9 Å². The van der Waals surface area contributed by atoms with Crippen LogP contribution in [-0.2, 0) is 9.59 Å². The summed E-state index contributed by atoms with van der Waals surface area (Å²) in [4.78, 5) is 33.9. The summed E-state index contributed by atoms with van der Waals surface area (Å²) in [6, 6.07) is 7.34. The van der Waals surface area contributed by atoms with Gasteiger partial charge in [-0.05, 0) is 56.3 Å². The van der Waals surface area contributed by atoms with Gasteiger partial charge in [-0.2, -0.15) is 0 Å². The van der Waals surface area contributed by atoms with Crippen LogP contribution in [-0.4, -0.2) is 46.8 Å². The number of hydrogen-bond acceptors (Lipinski definition) is 9. The lowest BCUT2D eigenvalue weighted by molar-refractivity contribution is -0.107. The number of carbonyl (C=O) groups excluding carboxylic acids is 2. The number of methoxy groups -OCH3 is 1. The molecule has 4 rings (SSSR count). The molecule has 0 bridgehead atoms. The van der Waals surface area contributed by atoms with Crippen LogP contribution in [0.4, 0.5) is 5.69 Å². The van der Waals surface area contributed by atoms with E-state index < -0.39 is 0 Å². The number of carbonyl (C=O) groups is 2. The highest BCUT2D eigenvalue weighted by atomic mass is 16.5. The summed E-state index contributed by atoms with van der Waals surface area (Å²) >= 11 is 0. The van der Waals surface area contributed by atoms with Gasteiger partial charge >= 0.3 is 0 Å². The minimum absolute atomic E-state index is 0.250. The third kappa shape index (κ3) is 8.91. The van der Waals surface area contributed by atoms with Crippen molar-refractivity contribution in [2.75, 3.05) is 19.4 Å². The maximum atomic E-state index is 8.58. The van der Waals surface area contributed by atoms with E-state index in [1.54, 1.807) is 31.8 Å². The standard InChI is InChI=1S/C16H15N5O.C6H13N.CH3NO.CH2O/c1-10-13(8-12(17)9-20-10)14-4-6-19-16(21-14)11-3-5-18-15(7-11)22-2;1-6(2-3-6)4-5-7;2-1-3;1-2/h3-9H,17H2,1-2H3;2-5,7H2,1H3;1H,(H2,2,3);1H2. The van der Waals surface area contributed by atoms with Gasteiger partial charge in [0.1, 0.15) is 6.79 Å². The van der Waals surface area contributed by atoms with Crippen LogP contribution in [0.2, 0.25) is 0 Å². The number of aryl methyl sites for hydroxylation is 1. The number of hydrogen-bond donors (Lipinski definition) is 3. The van der Waals surface area contributed by atoms with Crippen molar-refractivity contribution in [2.24, 2.45) is 16.9 Å². The van der Waals surface area contributed by atoms with Crippen molar-refractivity contribution in [3.05, 3.63) is 48.5 Å². The van der Waals surface area contributed by atoms with Gasteiger partial charge in [-0.1, -0.05) is 6.92 Å². The van der Waals surface area contributed by atoms with E-state index in [4.69, 9.17) is 25.8 Å². The zero-order valence-corrected chi connectivity index (χ0v) is 19.9. The Morgan fingerprint density at radius 2 is 1.79 bits per heavy atom. The van der Waals surface area contributed by atoms with Crippen molar-refractivity contribution < 1.29 is 14.3 Å². The second-order valence-corrected chi connectivity index (χ2v) is 7.74. The molecule has 10 nitrogen and oxygen atoms in total. The highest BCUT2D eigenvalue weighted by Gasteiger charge is 2.35. The predicted molar refractivity (Wildman–Crippen MR) is 133 cm³/mol. The Balaban J connectivity index is 0.000000400. The molecule has 3 aromatic rings. The summed E-state index contributed by atoms with van der Waals surface area (Å²) in [6.45, 7) is 7.10. The number of pyridine rings is 2. The van der Waals surface area contributed by atoms with Gasteiger partial charge in [0.2, 0.25) is 12.3 Å². The summed E-state index contributed by atoms with van der Waals surface area (Å²) in [5.41, 5.74) is 20.0. The number of nitrogens with zero attached hydrogens (tertiary/aromatic N) is 4. The lowest BCUT2D eigenvalue weighted by atomic mass is 10.1. The van der Waals surface area contributed by atoms with Gasteiger partial charge < -0.3 is 26.7 Å². The second kappa shape index (κ2) is 14.3. The first-order chi connectivity index (χ1) is 16.4. The van der Waals surface area contributed by atoms with E-state index in [0.717, 1.165) is 29.1 Å². The minimum Gasteiger partial charge on any atom is -0.481 e. The summed E-state index contributed by atoms with van der Waals surface area (Å²) < 4.78 is 5.13. The van der Waals surface area contributed by atoms with Gasteiger partial charge in [0.15, 0.2) is 5.82 Å². The summed E-state index contributed by atoms with van der Waals surface area (Å²) in [5, 5.41) is 0. The van der Waals surface area contributed by atoms with E-state index in [0.29, 0.717) is 22.8 Å². The van der Waals surface area contributed by atoms with Crippen molar-refractivity contribution in [2.45, 2.75) is 33.1 Å². The van der Waals surface area contributed by atoms with Crippen molar-refractivity contribution in [3.63, 3.8) is 0 Å². The largest absolute Gasteiger partial charge is 0.481 e. The molecule has 0 atom stereocenters. The van der Waals surface area contributed by atoms with Gasteiger partial charge in [-0.25, -0.2) is 15.0 Å². The van der Waals surface area contributed by atoms with Crippen molar-refractivity contribution in [1.82, 2.24) is 19.9 Å². The highest BCUT2D eigenvalue weighted by molar-refractivity contribution is 5.68. The quantitative estimate of drug-likeness (QED) is 0.476. The number of aromatic nitrogens is 4. The number of nitrogen functional groups attached to an aromatic ring is 1. The molecule has 34 heavy (non-hydrogen) atoms. The Labute approximate surface area is 200 Å². The van der Waals surface area contributed by atoms with E-state index in [9.17, 15) is 0 Å². The first kappa shape index (κ1) is 28.1. The zero-order valence-electron chi connectivity index (χ0n) is 19.9. The van der Waals surface area contributed by atoms with Crippen LogP contribution in [0.25, 0.3) is 22.6 Å². The monoisotopic (exact) mass is 467 g/mol. The number of nitrogens with two attached hydrogens (primary N) is 3. The number of anilines is 1. The SMILES string of the molecule is C=O.CC1(CCN)CC1.COc1cc(-c2nccc(-c3cc(N)cnc3C)n2)ccn1.NC=O. The van der Waals surface area contributed by atoms with Gasteiger partial charge in [0.25, 0.3) is 0 Å². The molecule has 0 aromatic carbocycles. The molecule has 1 aliphatic carbocycles. The highest BCUT2D eigenvalue weighted by Crippen LogP contribution is 2.47. The molecule has 1 aliphatic rings. The molecule has 1 saturated carbocycles. The Bertz CT molecular complexity index is 1040. The topological polar surface area (TPSA) is 173 Å². The molecule has 1 amide bonds. The molecule has 10 heteroatoms. The van der Waals surface area contributed by atoms with Crippen LogP contribution in [0.3, 0.4) is 0 Å². The number of ether oxygens (including phenoxy) is 1. The Kier molecular flexibility index (Phi) is 11.8. The lowest BCUT2D eigenvalue weighted by Gasteiger charge is -2.08. The molecule has 0 saturated heterocycles. The molecule has 0 radical (unpaired) electrons. The number of rotatable bonds is 5. The molecule has 0 aliphatic heterocycles. The number of amides is 1. The van der Waals surface area contributed by atoms with E-state index >= 15 is 0 Å². The normalized spacial score (nSPS) is 12.4. The molecule has 0 unspecified atom stereocenters. The summed E-state index contributed by atoms with van der Waals surface area (Å²) in [5.74, 6) is 1.12. The maximum Gasteiger partial charge on any atom is 0.213 e. The predicted octanol–water partition coefficient (Wildman–Crippen LogP) is 2.55. The van der Waals surface area contributed by atoms with Crippen LogP contribution in [0.5, 0.6) is 5.88 Å². The van der Waals surface area contributed by atoms with Crippen LogP contribution < -0.4 is 21.9 Å². The van der Waals surface area contributed by atoms with Crippen molar-refractivity contribution in [3.8, 4) is 28.5 Å². The van der Waals surface area contributed by atoms with Crippen LogP contribution >= 0.6 is 0 Å². The minimum atomic E-state index is 0.250. The van der Waals surface area contributed by atoms with E-state index in [2.05, 4.69) is 32.6 Å². The van der Waals surface area contributed by atoms with Crippen LogP contribution in [0.1, 0.15) is 31.9 Å². The van der Waals surface area contributed by atoms with Crippen LogP contribution in [0, 0.1) is 12.3 Å². The van der Waals surface area contributed by atoms with Gasteiger partial charge in [0.05, 0.1) is 24.7 Å². The van der Waals surface area contributed by atoms with E-state index in [-0.39, 0.29) is 6.41 Å². The maximum absolute atomic E-state index is 8.58. The molecule has 1 fully saturated rings. The third-order valence-corrected chi connectivity index (χ3v) is 5.09. The average Bonchev–Trinajstić information content (AvgIpc) is 3.59. The Morgan fingerprint density at radius 1 is 1.15 bits per heavy atom. The van der Waals surface area contributed by atoms with Crippen LogP contribution in [0.15, 0.2) is 42.9 Å². The fraction of sp³-hybridized carbons (Fsp3) is 0.333. The summed E-state index contributed by atoms with van der Waals surface area (Å²) in [7, 11) is 1.57. The van der Waals surface area contributed by atoms with Crippen molar-refractivity contribution in [1.29, 1.82) is 0 Å². The zero-order chi connectivity index (χ0) is 25.6. The number of primary amides is 1. The Morgan fingerprint density at radius 3 is 2.35 bits per heavy atom. The fourth-order valence-corrected chi connectivity index (χ4v) is 2.93. The second-order valence-electron chi connectivity index (χ2n) is 7.74. The van der Waals surface area contributed by atoms with Gasteiger partial charge in [-0.3, -0.25) is 9.78 Å². The molecule has 182 valence electrons. The van der Waals surface area contributed by atoms with E-state index in [1.165, 1.54) is 19.3 Å². The smallest absolute Gasteiger partial charge is 0.213 e. The molecular weight excluding hydrogens is 434 g/mol. The molecule has 6 N–H and O–H groups in total. The first-order valence-electron chi connectivity index (χ1n) is 10.6. The average molecular weight is 468 g/mol. The lowest BCUT2D eigenvalue weighted by Crippen LogP contribution is -2.04. The first-order valence-corrected chi connectivity index (χ1v) is 10.6. The summed E-state index contributed by atoms with van der Waals surface area (Å²) in [6.07, 6.45) is 9.31. The third-order valence-electron chi connectivity index (χ3n) is 5.09. The molecule has 3 heterocycles. The van der Waals surface area contributed by atoms with Gasteiger partial charge in [0, 0.05) is 35.3 Å². The van der Waals surface area contributed by atoms with Gasteiger partial charge in [-0.15, -0.1) is 0 Å². The Hall–Kier alpha value is -3.92.